The van der Waals surface area contributed by atoms with Crippen molar-refractivity contribution in [1.29, 1.82) is 0 Å². The molecule has 1 aliphatic heterocycles. The van der Waals surface area contributed by atoms with Crippen molar-refractivity contribution in [2.45, 2.75) is 98.1 Å². The number of likely N-dealkylation sites (N-methyl/N-ethyl adjacent to an activating group) is 1. The number of unbranched alkanes of at least 4 members (excludes halogenated alkanes) is 8. The molecule has 1 amide bonds. The molecule has 4 nitrogen and oxygen atoms in total. The first-order chi connectivity index (χ1) is 12.6. The molecule has 1 heterocycles. The third-order valence-electron chi connectivity index (χ3n) is 5.72. The fourth-order valence-corrected chi connectivity index (χ4v) is 4.03. The second-order valence-corrected chi connectivity index (χ2v) is 7.69. The van der Waals surface area contributed by atoms with E-state index in [-0.39, 0.29) is 12.1 Å². The molecule has 1 rings (SSSR count). The van der Waals surface area contributed by atoms with Gasteiger partial charge in [0, 0.05) is 13.8 Å². The van der Waals surface area contributed by atoms with E-state index in [0.717, 1.165) is 30.5 Å². The largest absolute Gasteiger partial charge is 0.307 e. The number of nitrogens with zero attached hydrogens (tertiary/aromatic N) is 2. The van der Waals surface area contributed by atoms with E-state index in [0.29, 0.717) is 0 Å². The molecular weight excluding hydrogens is 322 g/mol. The standard InChI is InChI=1S/C22H41N3O/c1-5-7-8-9-10-11-12-13-14-15-16-17-22-23-18-19-25(22,6-2)20(3)24-21(4)26/h15-16,20H,5-14,17-19H2,1-4H3/p+1/b16-15+. The Morgan fingerprint density at radius 1 is 1.12 bits per heavy atom. The minimum Gasteiger partial charge on any atom is -0.307 e. The van der Waals surface area contributed by atoms with Crippen LogP contribution in [0.2, 0.25) is 0 Å². The molecule has 0 spiro atoms. The van der Waals surface area contributed by atoms with Gasteiger partial charge in [0.2, 0.25) is 11.7 Å². The Morgan fingerprint density at radius 3 is 2.38 bits per heavy atom. The first-order valence-electron chi connectivity index (χ1n) is 10.9. The smallest absolute Gasteiger partial charge is 0.221 e. The monoisotopic (exact) mass is 364 g/mol. The van der Waals surface area contributed by atoms with Crippen molar-refractivity contribution in [2.24, 2.45) is 4.99 Å². The number of hydrogen-bond donors (Lipinski definition) is 1. The molecular formula is C22H42N3O+. The van der Waals surface area contributed by atoms with E-state index < -0.39 is 0 Å². The Kier molecular flexibility index (Phi) is 11.5. The zero-order chi connectivity index (χ0) is 19.3. The van der Waals surface area contributed by atoms with Crippen molar-refractivity contribution in [2.75, 3.05) is 19.6 Å². The Bertz CT molecular complexity index is 458. The molecule has 2 atom stereocenters. The van der Waals surface area contributed by atoms with Crippen LogP contribution in [0.1, 0.15) is 91.9 Å². The van der Waals surface area contributed by atoms with Crippen LogP contribution < -0.4 is 5.32 Å². The van der Waals surface area contributed by atoms with E-state index in [1.807, 2.05) is 0 Å². The van der Waals surface area contributed by atoms with Gasteiger partial charge in [-0.15, -0.1) is 0 Å². The maximum absolute atomic E-state index is 11.5. The highest BCUT2D eigenvalue weighted by Gasteiger charge is 2.41. The van der Waals surface area contributed by atoms with E-state index in [2.05, 4.69) is 38.2 Å². The normalized spacial score (nSPS) is 21.2. The van der Waals surface area contributed by atoms with Crippen LogP contribution in [0.3, 0.4) is 0 Å². The van der Waals surface area contributed by atoms with Crippen LogP contribution in [0.4, 0.5) is 0 Å². The first-order valence-corrected chi connectivity index (χ1v) is 10.9. The third-order valence-corrected chi connectivity index (χ3v) is 5.72. The van der Waals surface area contributed by atoms with E-state index >= 15 is 0 Å². The van der Waals surface area contributed by atoms with Gasteiger partial charge in [0.25, 0.3) is 0 Å². The van der Waals surface area contributed by atoms with Crippen LogP contribution in [-0.4, -0.2) is 42.0 Å². The number of amides is 1. The molecule has 1 N–H and O–H groups in total. The summed E-state index contributed by atoms with van der Waals surface area (Å²) in [5.74, 6) is 1.26. The molecule has 0 saturated carbocycles. The topological polar surface area (TPSA) is 41.5 Å². The van der Waals surface area contributed by atoms with Crippen LogP contribution in [0, 0.1) is 0 Å². The third kappa shape index (κ3) is 7.61. The Balaban J connectivity index is 2.28. The predicted molar refractivity (Wildman–Crippen MR) is 112 cm³/mol. The number of carbonyl (C=O) groups excluding carboxylic acids is 1. The summed E-state index contributed by atoms with van der Waals surface area (Å²) in [6, 6.07) is 0. The zero-order valence-corrected chi connectivity index (χ0v) is 17.7. The number of rotatable bonds is 14. The molecule has 0 aromatic carbocycles. The molecule has 0 fully saturated rings. The molecule has 0 saturated heterocycles. The van der Waals surface area contributed by atoms with Gasteiger partial charge in [0.05, 0.1) is 19.5 Å². The number of allylic oxidation sites excluding steroid dienone is 1. The van der Waals surface area contributed by atoms with E-state index in [9.17, 15) is 4.79 Å². The van der Waals surface area contributed by atoms with E-state index in [4.69, 9.17) is 4.99 Å². The summed E-state index contributed by atoms with van der Waals surface area (Å²) in [4.78, 5) is 16.2. The van der Waals surface area contributed by atoms with E-state index in [1.165, 1.54) is 63.6 Å². The summed E-state index contributed by atoms with van der Waals surface area (Å²) >= 11 is 0. The Labute approximate surface area is 161 Å². The SMILES string of the molecule is CCCCCCCCCC/C=C/CC1=NCC[N+]1(CC)C(C)NC(C)=O. The molecule has 0 radical (unpaired) electrons. The molecule has 0 bridgehead atoms. The van der Waals surface area contributed by atoms with E-state index in [1.54, 1.807) is 6.92 Å². The van der Waals surface area contributed by atoms with Gasteiger partial charge in [0.1, 0.15) is 6.54 Å². The quantitative estimate of drug-likeness (QED) is 0.257. The molecule has 4 heteroatoms. The van der Waals surface area contributed by atoms with Crippen molar-refractivity contribution in [3.05, 3.63) is 12.2 Å². The molecule has 1 aliphatic rings. The Morgan fingerprint density at radius 2 is 1.77 bits per heavy atom. The zero-order valence-electron chi connectivity index (χ0n) is 17.7. The molecule has 2 unspecified atom stereocenters. The molecule has 26 heavy (non-hydrogen) atoms. The lowest BCUT2D eigenvalue weighted by atomic mass is 10.1. The molecule has 150 valence electrons. The van der Waals surface area contributed by atoms with Gasteiger partial charge < -0.3 is 5.32 Å². The minimum atomic E-state index is 0.0416. The second kappa shape index (κ2) is 13.1. The average molecular weight is 365 g/mol. The molecule has 0 aliphatic carbocycles. The van der Waals surface area contributed by atoms with Crippen molar-refractivity contribution in [3.63, 3.8) is 0 Å². The van der Waals surface area contributed by atoms with Gasteiger partial charge in [-0.3, -0.25) is 9.28 Å². The summed E-state index contributed by atoms with van der Waals surface area (Å²) in [6.07, 6.45) is 17.8. The lowest BCUT2D eigenvalue weighted by molar-refractivity contribution is -0.861. The fourth-order valence-electron chi connectivity index (χ4n) is 4.03. The van der Waals surface area contributed by atoms with Gasteiger partial charge in [-0.05, 0) is 19.8 Å². The lowest BCUT2D eigenvalue weighted by Crippen LogP contribution is -2.62. The van der Waals surface area contributed by atoms with Crippen LogP contribution in [0.5, 0.6) is 0 Å². The van der Waals surface area contributed by atoms with Crippen LogP contribution in [0.15, 0.2) is 17.1 Å². The average Bonchev–Trinajstić information content (AvgIpc) is 3.03. The van der Waals surface area contributed by atoms with Gasteiger partial charge in [-0.25, -0.2) is 4.99 Å². The lowest BCUT2D eigenvalue weighted by Gasteiger charge is -2.39. The number of amidine groups is 1. The summed E-state index contributed by atoms with van der Waals surface area (Å²) < 4.78 is 0.807. The van der Waals surface area contributed by atoms with Gasteiger partial charge in [-0.1, -0.05) is 64.0 Å². The number of aliphatic imine (C=N–C) groups is 1. The van der Waals surface area contributed by atoms with Crippen LogP contribution in [-0.2, 0) is 4.79 Å². The van der Waals surface area contributed by atoms with Gasteiger partial charge in [-0.2, -0.15) is 0 Å². The number of nitrogens with one attached hydrogen (secondary N) is 1. The van der Waals surface area contributed by atoms with Gasteiger partial charge >= 0.3 is 0 Å². The summed E-state index contributed by atoms with van der Waals surface area (Å²) in [7, 11) is 0. The maximum atomic E-state index is 11.5. The second-order valence-electron chi connectivity index (χ2n) is 7.69. The Hall–Kier alpha value is -1.16. The predicted octanol–water partition coefficient (Wildman–Crippen LogP) is 5.19. The molecule has 0 aromatic heterocycles. The number of hydrogen-bond acceptors (Lipinski definition) is 2. The van der Waals surface area contributed by atoms with Crippen molar-refractivity contribution < 1.29 is 9.28 Å². The molecule has 0 aromatic rings. The summed E-state index contributed by atoms with van der Waals surface area (Å²) in [5, 5.41) is 3.08. The van der Waals surface area contributed by atoms with Crippen molar-refractivity contribution in [1.82, 2.24) is 5.32 Å². The minimum absolute atomic E-state index is 0.0416. The van der Waals surface area contributed by atoms with Crippen LogP contribution in [0.25, 0.3) is 0 Å². The fraction of sp³-hybridized carbons (Fsp3) is 0.818. The summed E-state index contributed by atoms with van der Waals surface area (Å²) in [6.45, 7) is 11.0. The summed E-state index contributed by atoms with van der Waals surface area (Å²) in [5.41, 5.74) is 0. The van der Waals surface area contributed by atoms with Gasteiger partial charge in [0.15, 0.2) is 6.17 Å². The highest BCUT2D eigenvalue weighted by molar-refractivity contribution is 5.79. The highest BCUT2D eigenvalue weighted by Crippen LogP contribution is 2.21. The highest BCUT2D eigenvalue weighted by atomic mass is 16.1. The van der Waals surface area contributed by atoms with Crippen molar-refractivity contribution in [3.8, 4) is 0 Å². The number of quaternary nitrogens is 1. The van der Waals surface area contributed by atoms with Crippen molar-refractivity contribution >= 4 is 11.7 Å². The maximum Gasteiger partial charge on any atom is 0.221 e. The first kappa shape index (κ1) is 22.9. The number of carbonyl (C=O) groups is 1. The van der Waals surface area contributed by atoms with Crippen LogP contribution >= 0.6 is 0 Å².